The monoisotopic (exact) mass is 741 g/mol. The first-order valence-electron chi connectivity index (χ1n) is 13.0. The Kier molecular flexibility index (Phi) is 8.46. The number of rotatable bonds is 2. The number of halogens is 2. The summed E-state index contributed by atoms with van der Waals surface area (Å²) in [6.45, 7) is -9.49. The standard InChI is InChI=1S/C22H23Cl2N7O10P2S2/c23-8-1-10-11(2-9(8)24)30(6-28-10)21-17-15(32)12(38-21)3-36-43(35,45)41-18-16(33)13(4-37-42(34,44)40-17)39-22(18)31-7-29-14-19(25)26-5-27-20(14)31/h1-2,5-7,12-13,15-18,21-22,32-33H,3-4H2,(H,34,44)(H,35,45)(H2,25,26,27)/t12-,13-,15+,16?,17?,18+,21-,22-,42?,43?/m1/s1. The summed E-state index contributed by atoms with van der Waals surface area (Å²) in [5.74, 6) is 0.0943. The van der Waals surface area contributed by atoms with E-state index in [2.05, 4.69) is 32.2 Å². The highest BCUT2D eigenvalue weighted by Gasteiger charge is 2.52. The summed E-state index contributed by atoms with van der Waals surface area (Å²) >= 11 is 21.8. The second-order valence-corrected chi connectivity index (χ2v) is 16.8. The van der Waals surface area contributed by atoms with Crippen LogP contribution < -0.4 is 5.73 Å². The fourth-order valence-corrected chi connectivity index (χ4v) is 8.56. The Morgan fingerprint density at radius 1 is 0.933 bits per heavy atom. The molecule has 1 aromatic carbocycles. The molecular weight excluding hydrogens is 719 g/mol. The van der Waals surface area contributed by atoms with Gasteiger partial charge in [0.25, 0.3) is 0 Å². The Morgan fingerprint density at radius 2 is 1.56 bits per heavy atom. The lowest BCUT2D eigenvalue weighted by Gasteiger charge is -2.27. The fourth-order valence-electron chi connectivity index (χ4n) is 5.37. The smallest absolute Gasteiger partial charge is 0.386 e. The summed E-state index contributed by atoms with van der Waals surface area (Å²) in [5.41, 5.74) is 7.30. The van der Waals surface area contributed by atoms with Crippen molar-refractivity contribution in [1.82, 2.24) is 29.1 Å². The van der Waals surface area contributed by atoms with Crippen molar-refractivity contribution in [1.29, 1.82) is 0 Å². The normalized spacial score (nSPS) is 37.7. The van der Waals surface area contributed by atoms with E-state index in [1.54, 1.807) is 12.1 Å². The summed E-state index contributed by atoms with van der Waals surface area (Å²) in [6, 6.07) is 3.09. The van der Waals surface area contributed by atoms with Gasteiger partial charge in [0.05, 0.1) is 46.9 Å². The second-order valence-electron chi connectivity index (χ2n) is 10.3. The van der Waals surface area contributed by atoms with Crippen molar-refractivity contribution in [2.45, 2.75) is 49.1 Å². The minimum absolute atomic E-state index is 0.0943. The number of anilines is 1. The molecule has 7 rings (SSSR count). The molecule has 0 saturated carbocycles. The largest absolute Gasteiger partial charge is 0.387 e. The van der Waals surface area contributed by atoms with E-state index >= 15 is 0 Å². The Hall–Kier alpha value is -1.51. The third kappa shape index (κ3) is 5.92. The molecular formula is C22H23Cl2N7O10P2S2. The molecule has 6 heterocycles. The lowest BCUT2D eigenvalue weighted by atomic mass is 10.1. The number of hydrogen-bond acceptors (Lipinski definition) is 15. The molecule has 4 unspecified atom stereocenters. The number of nitrogens with two attached hydrogens (primary N) is 1. The first-order chi connectivity index (χ1) is 21.3. The fraction of sp³-hybridized carbons (Fsp3) is 0.455. The number of benzene rings is 1. The highest BCUT2D eigenvalue weighted by atomic mass is 35.5. The molecule has 0 spiro atoms. The maximum atomic E-state index is 13.5. The molecule has 3 fully saturated rings. The first-order valence-corrected chi connectivity index (χ1v) is 19.1. The summed E-state index contributed by atoms with van der Waals surface area (Å²) in [4.78, 5) is 27.7. The molecule has 5 N–H and O–H groups in total. The van der Waals surface area contributed by atoms with Crippen LogP contribution >= 0.6 is 49.0 Å². The van der Waals surface area contributed by atoms with Crippen LogP contribution in [0, 0.1) is 0 Å². The van der Waals surface area contributed by atoms with Crippen LogP contribution in [-0.2, 0) is 43.9 Å². The van der Waals surface area contributed by atoms with Crippen LogP contribution in [0.2, 0.25) is 10.0 Å². The van der Waals surface area contributed by atoms with E-state index in [1.165, 1.54) is 28.1 Å². The lowest BCUT2D eigenvalue weighted by Crippen LogP contribution is -2.37. The van der Waals surface area contributed by atoms with Crippen molar-refractivity contribution in [3.05, 3.63) is 41.2 Å². The molecule has 0 radical (unpaired) electrons. The highest BCUT2D eigenvalue weighted by molar-refractivity contribution is 8.44. The molecule has 4 bridgehead atoms. The van der Waals surface area contributed by atoms with Crippen LogP contribution in [-0.4, -0.2) is 94.0 Å². The Balaban J connectivity index is 1.22. The zero-order chi connectivity index (χ0) is 31.8. The Morgan fingerprint density at radius 3 is 2.29 bits per heavy atom. The van der Waals surface area contributed by atoms with E-state index < -0.39 is 75.8 Å². The molecule has 242 valence electrons. The third-order valence-corrected chi connectivity index (χ3v) is 11.4. The third-order valence-electron chi connectivity index (χ3n) is 7.49. The first kappa shape index (κ1) is 32.1. The topological polar surface area (TPSA) is 221 Å². The molecule has 45 heavy (non-hydrogen) atoms. The number of hydrogen-bond donors (Lipinski definition) is 5. The van der Waals surface area contributed by atoms with Gasteiger partial charge in [-0.15, -0.1) is 0 Å². The molecule has 23 heteroatoms. The number of aliphatic hydroxyl groups excluding tert-OH is 2. The zero-order valence-electron chi connectivity index (χ0n) is 22.4. The van der Waals surface area contributed by atoms with E-state index in [4.69, 9.17) is 68.3 Å². The SMILES string of the molecule is Nc1ncnc2c1ncn2[C@@H]1O[C@@H]2COP(O)(=S)OC3[C@@H](O)[C@@H](COP(=O)(S)O[C@H]1C2O)O[C@H]3n1cnc2cc(Cl)c(Cl)cc21. The van der Waals surface area contributed by atoms with Crippen LogP contribution in [0.3, 0.4) is 0 Å². The van der Waals surface area contributed by atoms with E-state index in [9.17, 15) is 19.7 Å². The highest BCUT2D eigenvalue weighted by Crippen LogP contribution is 2.58. The maximum Gasteiger partial charge on any atom is 0.386 e. The van der Waals surface area contributed by atoms with Crippen molar-refractivity contribution in [2.24, 2.45) is 0 Å². The summed E-state index contributed by atoms with van der Waals surface area (Å²) in [5, 5.41) is 23.0. The van der Waals surface area contributed by atoms with E-state index in [0.29, 0.717) is 11.0 Å². The van der Waals surface area contributed by atoms with E-state index in [0.717, 1.165) is 0 Å². The molecule has 10 atom stereocenters. The second kappa shape index (κ2) is 11.9. The van der Waals surface area contributed by atoms with Crippen molar-refractivity contribution in [3.63, 3.8) is 0 Å². The predicted molar refractivity (Wildman–Crippen MR) is 164 cm³/mol. The van der Waals surface area contributed by atoms with Crippen LogP contribution in [0.25, 0.3) is 22.2 Å². The Bertz CT molecular complexity index is 1890. The van der Waals surface area contributed by atoms with Gasteiger partial charge in [0.1, 0.15) is 48.5 Å². The van der Waals surface area contributed by atoms with Crippen LogP contribution in [0.15, 0.2) is 31.1 Å². The minimum atomic E-state index is -4.29. The molecule has 3 aliphatic rings. The van der Waals surface area contributed by atoms with Gasteiger partial charge in [0.15, 0.2) is 23.9 Å². The number of aromatic nitrogens is 6. The van der Waals surface area contributed by atoms with Gasteiger partial charge in [0, 0.05) is 0 Å². The van der Waals surface area contributed by atoms with Gasteiger partial charge in [-0.2, -0.15) is 0 Å². The van der Waals surface area contributed by atoms with Crippen molar-refractivity contribution in [2.75, 3.05) is 18.9 Å². The number of aliphatic hydroxyl groups is 2. The average molecular weight is 742 g/mol. The number of ether oxygens (including phenoxy) is 2. The van der Waals surface area contributed by atoms with Gasteiger partial charge in [0.2, 0.25) is 0 Å². The van der Waals surface area contributed by atoms with Crippen molar-refractivity contribution >= 4 is 88.8 Å². The lowest BCUT2D eigenvalue weighted by molar-refractivity contribution is -0.0599. The maximum absolute atomic E-state index is 13.5. The van der Waals surface area contributed by atoms with Crippen LogP contribution in [0.4, 0.5) is 5.82 Å². The Labute approximate surface area is 273 Å². The number of nitrogen functional groups attached to an aromatic ring is 1. The van der Waals surface area contributed by atoms with E-state index in [1.807, 2.05) is 0 Å². The molecule has 0 aliphatic carbocycles. The van der Waals surface area contributed by atoms with Crippen LogP contribution in [0.5, 0.6) is 0 Å². The number of nitrogens with zero attached hydrogens (tertiary/aromatic N) is 6. The zero-order valence-corrected chi connectivity index (χ0v) is 27.4. The van der Waals surface area contributed by atoms with Gasteiger partial charge in [-0.25, -0.2) is 24.5 Å². The van der Waals surface area contributed by atoms with Gasteiger partial charge in [-0.3, -0.25) is 18.1 Å². The molecule has 3 aromatic heterocycles. The van der Waals surface area contributed by atoms with Crippen molar-refractivity contribution in [3.8, 4) is 0 Å². The van der Waals surface area contributed by atoms with Crippen LogP contribution in [0.1, 0.15) is 12.5 Å². The predicted octanol–water partition coefficient (Wildman–Crippen LogP) is 2.35. The van der Waals surface area contributed by atoms with Crippen molar-refractivity contribution < 1.29 is 47.2 Å². The number of thiol groups is 1. The molecule has 3 aliphatic heterocycles. The van der Waals surface area contributed by atoms with Gasteiger partial charge in [-0.1, -0.05) is 35.5 Å². The molecule has 17 nitrogen and oxygen atoms in total. The molecule has 3 saturated heterocycles. The van der Waals surface area contributed by atoms with Gasteiger partial charge < -0.3 is 39.4 Å². The van der Waals surface area contributed by atoms with Gasteiger partial charge in [-0.05, 0) is 23.9 Å². The summed E-state index contributed by atoms with van der Waals surface area (Å²) in [7, 11) is 0. The summed E-state index contributed by atoms with van der Waals surface area (Å²) in [6.07, 6.45) is -6.54. The average Bonchev–Trinajstić information content (AvgIpc) is 3.73. The summed E-state index contributed by atoms with van der Waals surface area (Å²) < 4.78 is 51.2. The number of fused-ring (bicyclic) bond motifs is 6. The number of imidazole rings is 2. The quantitative estimate of drug-likeness (QED) is 0.147. The van der Waals surface area contributed by atoms with E-state index in [-0.39, 0.29) is 27.0 Å². The minimum Gasteiger partial charge on any atom is -0.387 e. The van der Waals surface area contributed by atoms with Gasteiger partial charge >= 0.3 is 13.5 Å². The molecule has 0 amide bonds. The molecule has 4 aromatic rings.